The van der Waals surface area contributed by atoms with Gasteiger partial charge in [-0.2, -0.15) is 0 Å². The summed E-state index contributed by atoms with van der Waals surface area (Å²) in [5.41, 5.74) is 3.79. The maximum atomic E-state index is 13.1. The van der Waals surface area contributed by atoms with E-state index in [0.29, 0.717) is 18.8 Å². The van der Waals surface area contributed by atoms with Gasteiger partial charge < -0.3 is 20.5 Å². The number of aromatic amines is 1. The molecule has 1 fully saturated rings. The van der Waals surface area contributed by atoms with E-state index in [1.807, 2.05) is 25.1 Å². The van der Waals surface area contributed by atoms with Crippen molar-refractivity contribution in [2.75, 3.05) is 11.4 Å². The highest BCUT2D eigenvalue weighted by atomic mass is 19.1. The standard InChI is InChI=1S/C21H21FN4O2/c1-13-8-15-9-14(2-7-19(15)24-13)11-23-21(28)25-17-10-20(27)26(12-17)18-5-3-16(22)4-6-18/h2-9,17,24H,10-12H2,1H3,(H2,23,25,28)/t17-/m1/s1. The molecule has 2 aromatic carbocycles. The zero-order valence-corrected chi connectivity index (χ0v) is 15.5. The number of hydrogen-bond donors (Lipinski definition) is 3. The first kappa shape index (κ1) is 18.0. The number of urea groups is 1. The molecule has 144 valence electrons. The van der Waals surface area contributed by atoms with Crippen molar-refractivity contribution in [1.82, 2.24) is 15.6 Å². The van der Waals surface area contributed by atoms with E-state index in [2.05, 4.69) is 21.7 Å². The summed E-state index contributed by atoms with van der Waals surface area (Å²) in [6, 6.07) is 13.2. The van der Waals surface area contributed by atoms with Crippen molar-refractivity contribution in [3.63, 3.8) is 0 Å². The van der Waals surface area contributed by atoms with Crippen LogP contribution in [0, 0.1) is 12.7 Å². The van der Waals surface area contributed by atoms with E-state index in [4.69, 9.17) is 0 Å². The van der Waals surface area contributed by atoms with Gasteiger partial charge in [0.15, 0.2) is 0 Å². The maximum Gasteiger partial charge on any atom is 0.315 e. The van der Waals surface area contributed by atoms with Crippen LogP contribution in [0.1, 0.15) is 17.7 Å². The first-order valence-electron chi connectivity index (χ1n) is 9.16. The van der Waals surface area contributed by atoms with Gasteiger partial charge in [-0.1, -0.05) is 6.07 Å². The first-order chi connectivity index (χ1) is 13.5. The van der Waals surface area contributed by atoms with Crippen molar-refractivity contribution in [1.29, 1.82) is 0 Å². The second kappa shape index (κ2) is 7.34. The van der Waals surface area contributed by atoms with Crippen LogP contribution in [0.15, 0.2) is 48.5 Å². The molecule has 3 N–H and O–H groups in total. The molecule has 7 heteroatoms. The number of aryl methyl sites for hydroxylation is 1. The summed E-state index contributed by atoms with van der Waals surface area (Å²) in [5.74, 6) is -0.442. The van der Waals surface area contributed by atoms with Crippen molar-refractivity contribution in [3.05, 3.63) is 65.6 Å². The minimum Gasteiger partial charge on any atom is -0.359 e. The smallest absolute Gasteiger partial charge is 0.315 e. The Kier molecular flexibility index (Phi) is 4.73. The number of H-pyrrole nitrogens is 1. The predicted octanol–water partition coefficient (Wildman–Crippen LogP) is 3.22. The van der Waals surface area contributed by atoms with Gasteiger partial charge in [-0.05, 0) is 60.3 Å². The average molecular weight is 380 g/mol. The zero-order valence-electron chi connectivity index (χ0n) is 15.5. The number of amides is 3. The molecule has 0 saturated carbocycles. The fraction of sp³-hybridized carbons (Fsp3) is 0.238. The van der Waals surface area contributed by atoms with Crippen LogP contribution in [-0.2, 0) is 11.3 Å². The molecular weight excluding hydrogens is 359 g/mol. The molecule has 1 atom stereocenters. The fourth-order valence-electron chi connectivity index (χ4n) is 3.53. The van der Waals surface area contributed by atoms with Crippen LogP contribution in [-0.4, -0.2) is 29.5 Å². The lowest BCUT2D eigenvalue weighted by Crippen LogP contribution is -2.43. The summed E-state index contributed by atoms with van der Waals surface area (Å²) in [7, 11) is 0. The molecule has 6 nitrogen and oxygen atoms in total. The number of nitrogens with one attached hydrogen (secondary N) is 3. The largest absolute Gasteiger partial charge is 0.359 e. The monoisotopic (exact) mass is 380 g/mol. The van der Waals surface area contributed by atoms with E-state index < -0.39 is 0 Å². The van der Waals surface area contributed by atoms with Crippen molar-refractivity contribution < 1.29 is 14.0 Å². The molecule has 0 radical (unpaired) electrons. The number of carbonyl (C=O) groups is 2. The Balaban J connectivity index is 1.32. The highest BCUT2D eigenvalue weighted by Crippen LogP contribution is 2.22. The number of halogens is 1. The molecule has 1 saturated heterocycles. The highest BCUT2D eigenvalue weighted by molar-refractivity contribution is 5.96. The van der Waals surface area contributed by atoms with Crippen molar-refractivity contribution in [2.24, 2.45) is 0 Å². The number of nitrogens with zero attached hydrogens (tertiary/aromatic N) is 1. The minimum atomic E-state index is -0.350. The molecule has 0 bridgehead atoms. The van der Waals surface area contributed by atoms with Crippen molar-refractivity contribution in [3.8, 4) is 0 Å². The Bertz CT molecular complexity index is 1030. The van der Waals surface area contributed by atoms with Gasteiger partial charge in [0.05, 0.1) is 6.04 Å². The van der Waals surface area contributed by atoms with Gasteiger partial charge in [-0.15, -0.1) is 0 Å². The maximum absolute atomic E-state index is 13.1. The highest BCUT2D eigenvalue weighted by Gasteiger charge is 2.31. The number of benzene rings is 2. The third-order valence-corrected chi connectivity index (χ3v) is 4.87. The number of hydrogen-bond acceptors (Lipinski definition) is 2. The van der Waals surface area contributed by atoms with E-state index in [9.17, 15) is 14.0 Å². The molecule has 1 aliphatic rings. The number of rotatable bonds is 4. The third-order valence-electron chi connectivity index (χ3n) is 4.87. The molecule has 3 amide bonds. The molecule has 1 aromatic heterocycles. The lowest BCUT2D eigenvalue weighted by atomic mass is 10.1. The van der Waals surface area contributed by atoms with Gasteiger partial charge >= 0.3 is 6.03 Å². The average Bonchev–Trinajstić information content (AvgIpc) is 3.21. The van der Waals surface area contributed by atoms with Crippen LogP contribution in [0.3, 0.4) is 0 Å². The molecule has 28 heavy (non-hydrogen) atoms. The summed E-state index contributed by atoms with van der Waals surface area (Å²) in [5, 5.41) is 6.78. The SMILES string of the molecule is Cc1cc2cc(CNC(=O)N[C@@H]3CC(=O)N(c4ccc(F)cc4)C3)ccc2[nH]1. The van der Waals surface area contributed by atoms with Gasteiger partial charge in [-0.25, -0.2) is 9.18 Å². The van der Waals surface area contributed by atoms with Crippen LogP contribution in [0.5, 0.6) is 0 Å². The fourth-order valence-corrected chi connectivity index (χ4v) is 3.53. The Labute approximate surface area is 161 Å². The molecule has 0 aliphatic carbocycles. The summed E-state index contributed by atoms with van der Waals surface area (Å²) in [6.07, 6.45) is 0.222. The van der Waals surface area contributed by atoms with Gasteiger partial charge in [-0.3, -0.25) is 4.79 Å². The number of carbonyl (C=O) groups excluding carboxylic acids is 2. The Morgan fingerprint density at radius 3 is 2.79 bits per heavy atom. The molecule has 4 rings (SSSR count). The Morgan fingerprint density at radius 2 is 2.00 bits per heavy atom. The minimum absolute atomic E-state index is 0.0924. The molecule has 0 spiro atoms. The topological polar surface area (TPSA) is 77.2 Å². The number of aromatic nitrogens is 1. The van der Waals surface area contributed by atoms with E-state index >= 15 is 0 Å². The number of fused-ring (bicyclic) bond motifs is 1. The van der Waals surface area contributed by atoms with Crippen LogP contribution >= 0.6 is 0 Å². The lowest BCUT2D eigenvalue weighted by Gasteiger charge is -2.17. The summed E-state index contributed by atoms with van der Waals surface area (Å²) in [6.45, 7) is 2.77. The normalized spacial score (nSPS) is 16.6. The lowest BCUT2D eigenvalue weighted by molar-refractivity contribution is -0.117. The summed E-state index contributed by atoms with van der Waals surface area (Å²) >= 11 is 0. The molecule has 2 heterocycles. The van der Waals surface area contributed by atoms with E-state index in [1.165, 1.54) is 12.1 Å². The second-order valence-corrected chi connectivity index (χ2v) is 7.08. The summed E-state index contributed by atoms with van der Waals surface area (Å²) < 4.78 is 13.1. The van der Waals surface area contributed by atoms with Crippen molar-refractivity contribution >= 4 is 28.5 Å². The quantitative estimate of drug-likeness (QED) is 0.650. The van der Waals surface area contributed by atoms with E-state index in [1.54, 1.807) is 17.0 Å². The third kappa shape index (κ3) is 3.83. The van der Waals surface area contributed by atoms with E-state index in [-0.39, 0.29) is 30.2 Å². The molecule has 3 aromatic rings. The van der Waals surface area contributed by atoms with Crippen LogP contribution < -0.4 is 15.5 Å². The van der Waals surface area contributed by atoms with Gasteiger partial charge in [0.2, 0.25) is 5.91 Å². The predicted molar refractivity (Wildman–Crippen MR) is 106 cm³/mol. The molecular formula is C21H21FN4O2. The molecule has 0 unspecified atom stereocenters. The second-order valence-electron chi connectivity index (χ2n) is 7.08. The number of anilines is 1. The van der Waals surface area contributed by atoms with Gasteiger partial charge in [0.25, 0.3) is 0 Å². The summed E-state index contributed by atoms with van der Waals surface area (Å²) in [4.78, 5) is 29.3. The van der Waals surface area contributed by atoms with Crippen LogP contribution in [0.4, 0.5) is 14.9 Å². The van der Waals surface area contributed by atoms with E-state index in [0.717, 1.165) is 22.2 Å². The van der Waals surface area contributed by atoms with Crippen molar-refractivity contribution in [2.45, 2.75) is 25.9 Å². The van der Waals surface area contributed by atoms with Gasteiger partial charge in [0.1, 0.15) is 5.82 Å². The zero-order chi connectivity index (χ0) is 19.7. The van der Waals surface area contributed by atoms with Crippen LogP contribution in [0.2, 0.25) is 0 Å². The Morgan fingerprint density at radius 1 is 1.21 bits per heavy atom. The van der Waals surface area contributed by atoms with Crippen LogP contribution in [0.25, 0.3) is 10.9 Å². The Hall–Kier alpha value is -3.35. The molecule has 1 aliphatic heterocycles. The van der Waals surface area contributed by atoms with Gasteiger partial charge in [0, 0.05) is 36.4 Å². The first-order valence-corrected chi connectivity index (χ1v) is 9.16.